The molecule has 1 unspecified atom stereocenters. The molecule has 3 rings (SSSR count). The largest absolute Gasteiger partial charge is 0.485 e. The van der Waals surface area contributed by atoms with E-state index in [0.717, 1.165) is 5.75 Å². The van der Waals surface area contributed by atoms with Gasteiger partial charge in [-0.15, -0.1) is 0 Å². The molecule has 1 aromatic heterocycles. The molecule has 1 aliphatic heterocycles. The zero-order valence-electron chi connectivity index (χ0n) is 9.42. The van der Waals surface area contributed by atoms with Crippen LogP contribution in [0.2, 0.25) is 0 Å². The summed E-state index contributed by atoms with van der Waals surface area (Å²) >= 11 is 0. The van der Waals surface area contributed by atoms with Crippen LogP contribution in [0, 0.1) is 0 Å². The highest BCUT2D eigenvalue weighted by atomic mass is 16.5. The highest BCUT2D eigenvalue weighted by molar-refractivity contribution is 5.42. The molecule has 0 saturated carbocycles. The molecule has 0 aliphatic carbocycles. The molecule has 82 valence electrons. The highest BCUT2D eigenvalue weighted by Gasteiger charge is 2.41. The summed E-state index contributed by atoms with van der Waals surface area (Å²) < 4.78 is 8.09. The number of imidazole rings is 1. The summed E-state index contributed by atoms with van der Waals surface area (Å²) in [4.78, 5) is 4.11. The lowest BCUT2D eigenvalue weighted by molar-refractivity contribution is 0.0988. The number of aromatic nitrogens is 2. The summed E-state index contributed by atoms with van der Waals surface area (Å²) in [5.41, 5.74) is 0.996. The summed E-state index contributed by atoms with van der Waals surface area (Å²) in [7, 11) is 0. The molecule has 0 N–H and O–H groups in total. The first-order valence-electron chi connectivity index (χ1n) is 5.44. The van der Waals surface area contributed by atoms with Crippen molar-refractivity contribution in [3.05, 3.63) is 48.5 Å². The molecule has 1 aromatic carbocycles. The fourth-order valence-electron chi connectivity index (χ4n) is 2.45. The number of fused-ring (bicyclic) bond motifs is 1. The standard InChI is InChI=1S/C13H14N2O/c1-13(2)12(15-8-7-14-9-15)10-5-3-4-6-11(10)16-13/h3-9,12H,1-2H3. The van der Waals surface area contributed by atoms with Crippen molar-refractivity contribution in [1.29, 1.82) is 0 Å². The predicted octanol–water partition coefficient (Wildman–Crippen LogP) is 2.64. The monoisotopic (exact) mass is 214 g/mol. The molecule has 1 aliphatic rings. The van der Waals surface area contributed by atoms with Gasteiger partial charge in [-0.25, -0.2) is 4.98 Å². The van der Waals surface area contributed by atoms with E-state index in [-0.39, 0.29) is 11.6 Å². The third kappa shape index (κ3) is 1.24. The third-order valence-corrected chi connectivity index (χ3v) is 3.07. The van der Waals surface area contributed by atoms with E-state index in [2.05, 4.69) is 29.5 Å². The zero-order chi connectivity index (χ0) is 11.2. The Kier molecular flexibility index (Phi) is 1.84. The maximum atomic E-state index is 5.98. The van der Waals surface area contributed by atoms with Crippen molar-refractivity contribution < 1.29 is 4.74 Å². The second-order valence-electron chi connectivity index (χ2n) is 4.66. The van der Waals surface area contributed by atoms with E-state index in [1.807, 2.05) is 30.7 Å². The van der Waals surface area contributed by atoms with Gasteiger partial charge in [0.2, 0.25) is 0 Å². The molecule has 2 aromatic rings. The van der Waals surface area contributed by atoms with Crippen molar-refractivity contribution in [1.82, 2.24) is 9.55 Å². The van der Waals surface area contributed by atoms with Crippen molar-refractivity contribution in [2.45, 2.75) is 25.5 Å². The Morgan fingerprint density at radius 3 is 2.88 bits per heavy atom. The van der Waals surface area contributed by atoms with Crippen molar-refractivity contribution in [3.63, 3.8) is 0 Å². The van der Waals surface area contributed by atoms with E-state index in [1.54, 1.807) is 6.20 Å². The Morgan fingerprint density at radius 1 is 1.31 bits per heavy atom. The van der Waals surface area contributed by atoms with Crippen molar-refractivity contribution in [2.75, 3.05) is 0 Å². The number of benzene rings is 1. The number of para-hydroxylation sites is 1. The van der Waals surface area contributed by atoms with Crippen LogP contribution in [0.4, 0.5) is 0 Å². The minimum Gasteiger partial charge on any atom is -0.485 e. The van der Waals surface area contributed by atoms with Crippen LogP contribution in [0.25, 0.3) is 0 Å². The molecule has 0 amide bonds. The molecule has 2 heterocycles. The number of rotatable bonds is 1. The van der Waals surface area contributed by atoms with Crippen LogP contribution in [0.3, 0.4) is 0 Å². The van der Waals surface area contributed by atoms with Crippen molar-refractivity contribution in [3.8, 4) is 5.75 Å². The Balaban J connectivity index is 2.16. The van der Waals surface area contributed by atoms with E-state index in [1.165, 1.54) is 5.56 Å². The van der Waals surface area contributed by atoms with Gasteiger partial charge in [0.1, 0.15) is 17.4 Å². The number of hydrogen-bond acceptors (Lipinski definition) is 2. The molecular formula is C13H14N2O. The molecule has 0 radical (unpaired) electrons. The maximum absolute atomic E-state index is 5.98. The fraction of sp³-hybridized carbons (Fsp3) is 0.308. The first-order valence-corrected chi connectivity index (χ1v) is 5.44. The van der Waals surface area contributed by atoms with Gasteiger partial charge in [0.05, 0.1) is 6.33 Å². The van der Waals surface area contributed by atoms with Gasteiger partial charge in [-0.05, 0) is 19.9 Å². The lowest BCUT2D eigenvalue weighted by Crippen LogP contribution is -2.34. The molecule has 3 heteroatoms. The molecule has 3 nitrogen and oxygen atoms in total. The van der Waals surface area contributed by atoms with Crippen LogP contribution in [0.1, 0.15) is 25.5 Å². The van der Waals surface area contributed by atoms with Crippen LogP contribution >= 0.6 is 0 Å². The number of hydrogen-bond donors (Lipinski definition) is 0. The fourth-order valence-corrected chi connectivity index (χ4v) is 2.45. The lowest BCUT2D eigenvalue weighted by atomic mass is 9.94. The molecule has 0 saturated heterocycles. The van der Waals surface area contributed by atoms with Gasteiger partial charge in [-0.1, -0.05) is 18.2 Å². The number of ether oxygens (including phenoxy) is 1. The van der Waals surface area contributed by atoms with E-state index in [0.29, 0.717) is 0 Å². The van der Waals surface area contributed by atoms with E-state index >= 15 is 0 Å². The quantitative estimate of drug-likeness (QED) is 0.729. The molecule has 0 bridgehead atoms. The first-order chi connectivity index (χ1) is 7.68. The Hall–Kier alpha value is -1.77. The van der Waals surface area contributed by atoms with E-state index in [9.17, 15) is 0 Å². The van der Waals surface area contributed by atoms with Crippen LogP contribution in [-0.4, -0.2) is 15.2 Å². The van der Waals surface area contributed by atoms with Gasteiger partial charge < -0.3 is 9.30 Å². The minimum absolute atomic E-state index is 0.200. The molecular weight excluding hydrogens is 200 g/mol. The van der Waals surface area contributed by atoms with Gasteiger partial charge >= 0.3 is 0 Å². The first kappa shape index (κ1) is 9.46. The van der Waals surface area contributed by atoms with Gasteiger partial charge in [-0.2, -0.15) is 0 Å². The summed E-state index contributed by atoms with van der Waals surface area (Å²) in [5, 5.41) is 0. The molecule has 16 heavy (non-hydrogen) atoms. The SMILES string of the molecule is CC1(C)Oc2ccccc2C1n1ccnc1. The van der Waals surface area contributed by atoms with E-state index in [4.69, 9.17) is 4.74 Å². The van der Waals surface area contributed by atoms with Gasteiger partial charge in [-0.3, -0.25) is 0 Å². The number of nitrogens with zero attached hydrogens (tertiary/aromatic N) is 2. The Bertz CT molecular complexity index is 502. The smallest absolute Gasteiger partial charge is 0.128 e. The Labute approximate surface area is 94.7 Å². The van der Waals surface area contributed by atoms with Crippen molar-refractivity contribution >= 4 is 0 Å². The summed E-state index contributed by atoms with van der Waals surface area (Å²) in [6.07, 6.45) is 5.63. The summed E-state index contributed by atoms with van der Waals surface area (Å²) in [6.45, 7) is 4.22. The molecule has 1 atom stereocenters. The van der Waals surface area contributed by atoms with Gasteiger partial charge in [0.25, 0.3) is 0 Å². The minimum atomic E-state index is -0.232. The average Bonchev–Trinajstić information content (AvgIpc) is 2.80. The summed E-state index contributed by atoms with van der Waals surface area (Å²) in [6, 6.07) is 8.40. The second kappa shape index (κ2) is 3.11. The van der Waals surface area contributed by atoms with Crippen LogP contribution in [-0.2, 0) is 0 Å². The third-order valence-electron chi connectivity index (χ3n) is 3.07. The normalized spacial score (nSPS) is 21.5. The molecule has 0 spiro atoms. The highest BCUT2D eigenvalue weighted by Crippen LogP contribution is 2.44. The van der Waals surface area contributed by atoms with Crippen LogP contribution in [0.5, 0.6) is 5.75 Å². The Morgan fingerprint density at radius 2 is 2.12 bits per heavy atom. The predicted molar refractivity (Wildman–Crippen MR) is 61.5 cm³/mol. The van der Waals surface area contributed by atoms with Crippen LogP contribution in [0.15, 0.2) is 43.0 Å². The van der Waals surface area contributed by atoms with E-state index < -0.39 is 0 Å². The second-order valence-corrected chi connectivity index (χ2v) is 4.66. The lowest BCUT2D eigenvalue weighted by Gasteiger charge is -2.27. The van der Waals surface area contributed by atoms with Crippen LogP contribution < -0.4 is 4.74 Å². The van der Waals surface area contributed by atoms with Gasteiger partial charge in [0.15, 0.2) is 0 Å². The topological polar surface area (TPSA) is 27.1 Å². The summed E-state index contributed by atoms with van der Waals surface area (Å²) in [5.74, 6) is 0.978. The van der Waals surface area contributed by atoms with Gasteiger partial charge in [0, 0.05) is 18.0 Å². The maximum Gasteiger partial charge on any atom is 0.128 e. The average molecular weight is 214 g/mol. The molecule has 0 fully saturated rings. The van der Waals surface area contributed by atoms with Crippen molar-refractivity contribution in [2.24, 2.45) is 0 Å². The zero-order valence-corrected chi connectivity index (χ0v) is 9.42.